The van der Waals surface area contributed by atoms with Crippen LogP contribution in [0, 0.1) is 6.92 Å². The van der Waals surface area contributed by atoms with Crippen molar-refractivity contribution in [3.63, 3.8) is 0 Å². The molecule has 0 aliphatic heterocycles. The van der Waals surface area contributed by atoms with Gasteiger partial charge in [0.1, 0.15) is 0 Å². The van der Waals surface area contributed by atoms with E-state index in [2.05, 4.69) is 6.07 Å². The lowest BCUT2D eigenvalue weighted by Gasteiger charge is -2.15. The minimum Gasteiger partial charge on any atom is -0.277 e. The van der Waals surface area contributed by atoms with Gasteiger partial charge in [0.25, 0.3) is 5.56 Å². The minimum absolute atomic E-state index is 0.0122. The van der Waals surface area contributed by atoms with Gasteiger partial charge in [-0.15, -0.1) is 0 Å². The molecule has 0 N–H and O–H groups in total. The zero-order valence-electron chi connectivity index (χ0n) is 13.4. The second kappa shape index (κ2) is 5.82. The largest absolute Gasteiger partial charge is 0.277 e. The van der Waals surface area contributed by atoms with Crippen molar-refractivity contribution in [2.24, 2.45) is 0 Å². The first-order valence-electron chi connectivity index (χ1n) is 8.02. The van der Waals surface area contributed by atoms with Crippen molar-refractivity contribution in [1.82, 2.24) is 4.57 Å². The van der Waals surface area contributed by atoms with Crippen LogP contribution in [0.15, 0.2) is 89.7 Å². The van der Waals surface area contributed by atoms with Crippen LogP contribution >= 0.6 is 0 Å². The van der Waals surface area contributed by atoms with Gasteiger partial charge in [0.15, 0.2) is 0 Å². The Morgan fingerprint density at radius 3 is 2.21 bits per heavy atom. The summed E-state index contributed by atoms with van der Waals surface area (Å²) in [5, 5.41) is 1.08. The molecular weight excluding hydrogens is 294 g/mol. The van der Waals surface area contributed by atoms with E-state index < -0.39 is 0 Å². The zero-order chi connectivity index (χ0) is 16.5. The lowest BCUT2D eigenvalue weighted by molar-refractivity contribution is 1.03. The van der Waals surface area contributed by atoms with Gasteiger partial charge in [-0.2, -0.15) is 0 Å². The van der Waals surface area contributed by atoms with Crippen molar-refractivity contribution in [2.45, 2.75) is 6.92 Å². The van der Waals surface area contributed by atoms with E-state index in [9.17, 15) is 4.79 Å². The summed E-state index contributed by atoms with van der Waals surface area (Å²) in [7, 11) is 0. The molecule has 2 heteroatoms. The predicted molar refractivity (Wildman–Crippen MR) is 99.7 cm³/mol. The molecule has 0 fully saturated rings. The fourth-order valence-electron chi connectivity index (χ4n) is 3.20. The summed E-state index contributed by atoms with van der Waals surface area (Å²) in [6.07, 6.45) is 0. The predicted octanol–water partition coefficient (Wildman–Crippen LogP) is 4.97. The van der Waals surface area contributed by atoms with E-state index in [1.165, 1.54) is 0 Å². The van der Waals surface area contributed by atoms with Crippen molar-refractivity contribution in [3.05, 3.63) is 101 Å². The Balaban J connectivity index is 2.11. The van der Waals surface area contributed by atoms with Crippen LogP contribution in [0.25, 0.3) is 27.7 Å². The summed E-state index contributed by atoms with van der Waals surface area (Å²) in [5.74, 6) is 0. The molecular formula is C22H17NO. The number of aryl methyl sites for hydroxylation is 1. The van der Waals surface area contributed by atoms with Gasteiger partial charge in [-0.3, -0.25) is 9.36 Å². The molecule has 4 rings (SSSR count). The molecule has 0 saturated heterocycles. The Morgan fingerprint density at radius 1 is 0.750 bits per heavy atom. The van der Waals surface area contributed by atoms with E-state index in [0.717, 1.165) is 33.3 Å². The SMILES string of the molecule is Cc1ccccc1-n1c(=O)cc(-c2ccccc2)c2ccccc21. The summed E-state index contributed by atoms with van der Waals surface area (Å²) in [6, 6.07) is 27.9. The number of para-hydroxylation sites is 2. The molecule has 0 aliphatic rings. The van der Waals surface area contributed by atoms with Crippen LogP contribution in [0.4, 0.5) is 0 Å². The Morgan fingerprint density at radius 2 is 1.42 bits per heavy atom. The molecule has 3 aromatic carbocycles. The fraction of sp³-hybridized carbons (Fsp3) is 0.0455. The summed E-state index contributed by atoms with van der Waals surface area (Å²) < 4.78 is 1.80. The number of aromatic nitrogens is 1. The van der Waals surface area contributed by atoms with Gasteiger partial charge in [-0.25, -0.2) is 0 Å². The van der Waals surface area contributed by atoms with Crippen LogP contribution in [-0.4, -0.2) is 4.57 Å². The average Bonchev–Trinajstić information content (AvgIpc) is 2.63. The lowest BCUT2D eigenvalue weighted by Crippen LogP contribution is -2.19. The van der Waals surface area contributed by atoms with Crippen LogP contribution in [0.3, 0.4) is 0 Å². The van der Waals surface area contributed by atoms with Crippen LogP contribution < -0.4 is 5.56 Å². The number of hydrogen-bond donors (Lipinski definition) is 0. The molecule has 0 bridgehead atoms. The van der Waals surface area contributed by atoms with Crippen molar-refractivity contribution in [2.75, 3.05) is 0 Å². The standard InChI is InChI=1S/C22H17NO/c1-16-9-5-7-13-20(16)23-21-14-8-6-12-18(21)19(15-22(23)24)17-10-3-2-4-11-17/h2-15H,1H3. The first-order chi connectivity index (χ1) is 11.8. The van der Waals surface area contributed by atoms with Gasteiger partial charge < -0.3 is 0 Å². The van der Waals surface area contributed by atoms with Gasteiger partial charge in [0.05, 0.1) is 11.2 Å². The van der Waals surface area contributed by atoms with Crippen LogP contribution in [0.1, 0.15) is 5.56 Å². The maximum Gasteiger partial charge on any atom is 0.256 e. The third-order valence-corrected chi connectivity index (χ3v) is 4.36. The van der Waals surface area contributed by atoms with E-state index in [4.69, 9.17) is 0 Å². The van der Waals surface area contributed by atoms with Crippen molar-refractivity contribution in [3.8, 4) is 16.8 Å². The Hall–Kier alpha value is -3.13. The van der Waals surface area contributed by atoms with Gasteiger partial charge in [-0.05, 0) is 35.7 Å². The molecule has 0 radical (unpaired) electrons. The van der Waals surface area contributed by atoms with Gasteiger partial charge in [-0.1, -0.05) is 66.7 Å². The summed E-state index contributed by atoms with van der Waals surface area (Å²) in [4.78, 5) is 12.9. The van der Waals surface area contributed by atoms with E-state index in [0.29, 0.717) is 0 Å². The Kier molecular flexibility index (Phi) is 3.51. The van der Waals surface area contributed by atoms with Crippen molar-refractivity contribution < 1.29 is 0 Å². The first-order valence-corrected chi connectivity index (χ1v) is 8.02. The number of nitrogens with zero attached hydrogens (tertiary/aromatic N) is 1. The molecule has 0 unspecified atom stereocenters. The molecule has 116 valence electrons. The van der Waals surface area contributed by atoms with E-state index in [-0.39, 0.29) is 5.56 Å². The number of hydrogen-bond acceptors (Lipinski definition) is 1. The number of benzene rings is 3. The third-order valence-electron chi connectivity index (χ3n) is 4.36. The molecule has 0 saturated carbocycles. The molecule has 1 heterocycles. The normalized spacial score (nSPS) is 10.9. The monoisotopic (exact) mass is 311 g/mol. The molecule has 0 atom stereocenters. The highest BCUT2D eigenvalue weighted by Gasteiger charge is 2.12. The fourth-order valence-corrected chi connectivity index (χ4v) is 3.20. The summed E-state index contributed by atoms with van der Waals surface area (Å²) in [5.41, 5.74) is 4.96. The highest BCUT2D eigenvalue weighted by molar-refractivity contribution is 5.95. The quantitative estimate of drug-likeness (QED) is 0.512. The van der Waals surface area contributed by atoms with Crippen LogP contribution in [-0.2, 0) is 0 Å². The smallest absolute Gasteiger partial charge is 0.256 e. The van der Waals surface area contributed by atoms with Gasteiger partial charge >= 0.3 is 0 Å². The van der Waals surface area contributed by atoms with Crippen LogP contribution in [0.5, 0.6) is 0 Å². The Labute approximate surface area is 140 Å². The number of pyridine rings is 1. The zero-order valence-corrected chi connectivity index (χ0v) is 13.4. The van der Waals surface area contributed by atoms with Crippen molar-refractivity contribution in [1.29, 1.82) is 0 Å². The lowest BCUT2D eigenvalue weighted by atomic mass is 10.0. The first kappa shape index (κ1) is 14.5. The second-order valence-corrected chi connectivity index (χ2v) is 5.90. The van der Waals surface area contributed by atoms with E-state index in [1.54, 1.807) is 10.6 Å². The molecule has 0 amide bonds. The molecule has 1 aromatic heterocycles. The van der Waals surface area contributed by atoms with E-state index in [1.807, 2.05) is 79.7 Å². The summed E-state index contributed by atoms with van der Waals surface area (Å²) >= 11 is 0. The second-order valence-electron chi connectivity index (χ2n) is 5.90. The number of fused-ring (bicyclic) bond motifs is 1. The van der Waals surface area contributed by atoms with Crippen LogP contribution in [0.2, 0.25) is 0 Å². The summed E-state index contributed by atoms with van der Waals surface area (Å²) in [6.45, 7) is 2.03. The molecule has 24 heavy (non-hydrogen) atoms. The molecule has 0 spiro atoms. The maximum atomic E-state index is 12.9. The highest BCUT2D eigenvalue weighted by Crippen LogP contribution is 2.28. The molecule has 4 aromatic rings. The number of rotatable bonds is 2. The minimum atomic E-state index is -0.0122. The van der Waals surface area contributed by atoms with Crippen molar-refractivity contribution >= 4 is 10.9 Å². The molecule has 2 nitrogen and oxygen atoms in total. The topological polar surface area (TPSA) is 22.0 Å². The highest BCUT2D eigenvalue weighted by atomic mass is 16.1. The van der Waals surface area contributed by atoms with Gasteiger partial charge in [0.2, 0.25) is 0 Å². The third kappa shape index (κ3) is 2.33. The maximum absolute atomic E-state index is 12.9. The molecule has 0 aliphatic carbocycles. The van der Waals surface area contributed by atoms with Gasteiger partial charge in [0, 0.05) is 11.5 Å². The Bertz CT molecular complexity index is 1080. The van der Waals surface area contributed by atoms with E-state index >= 15 is 0 Å². The average molecular weight is 311 g/mol.